The van der Waals surface area contributed by atoms with Crippen molar-refractivity contribution in [2.45, 2.75) is 25.4 Å². The molecule has 2 atom stereocenters. The van der Waals surface area contributed by atoms with E-state index in [1.807, 2.05) is 0 Å². The Kier molecular flexibility index (Phi) is 6.43. The number of ether oxygens (including phenoxy) is 2. The lowest BCUT2D eigenvalue weighted by atomic mass is 10.1. The molecule has 10 nitrogen and oxygen atoms in total. The Morgan fingerprint density at radius 1 is 1.09 bits per heavy atom. The van der Waals surface area contributed by atoms with E-state index in [1.165, 1.54) is 19.4 Å². The standard InChI is InChI=1S/C21H19F2N5O5/c1-31-20(30)11-2-5-14(8-11)32-17-7-4-13(10-24-17)25-18(29)19-27-28-21(33-19)26-12-3-6-15(22)16(23)9-12/h3-4,6-7,9-11,14H,2,5,8H2,1H3,(H,25,29)(H,26,28). The summed E-state index contributed by atoms with van der Waals surface area (Å²) in [6.07, 6.45) is 3.24. The van der Waals surface area contributed by atoms with Crippen LogP contribution in [0.5, 0.6) is 5.88 Å². The van der Waals surface area contributed by atoms with Crippen molar-refractivity contribution < 1.29 is 32.3 Å². The van der Waals surface area contributed by atoms with Gasteiger partial charge in [0.05, 0.1) is 24.9 Å². The number of methoxy groups -OCH3 is 1. The number of pyridine rings is 1. The number of rotatable bonds is 7. The Morgan fingerprint density at radius 3 is 2.64 bits per heavy atom. The van der Waals surface area contributed by atoms with E-state index >= 15 is 0 Å². The van der Waals surface area contributed by atoms with E-state index in [9.17, 15) is 18.4 Å². The van der Waals surface area contributed by atoms with E-state index in [0.717, 1.165) is 18.6 Å². The Bertz CT molecular complexity index is 1150. The average molecular weight is 459 g/mol. The lowest BCUT2D eigenvalue weighted by molar-refractivity contribution is -0.145. The maximum Gasteiger partial charge on any atom is 0.320 e. The van der Waals surface area contributed by atoms with Crippen molar-refractivity contribution in [3.63, 3.8) is 0 Å². The molecule has 3 aromatic rings. The predicted molar refractivity (Wildman–Crippen MR) is 110 cm³/mol. The molecule has 0 spiro atoms. The molecule has 0 radical (unpaired) electrons. The van der Waals surface area contributed by atoms with Crippen molar-refractivity contribution in [1.82, 2.24) is 15.2 Å². The molecule has 0 aliphatic heterocycles. The van der Waals surface area contributed by atoms with Crippen LogP contribution in [-0.4, -0.2) is 40.3 Å². The minimum absolute atomic E-state index is 0.138. The Hall–Kier alpha value is -4.09. The summed E-state index contributed by atoms with van der Waals surface area (Å²) in [5.74, 6) is -3.13. The van der Waals surface area contributed by atoms with Gasteiger partial charge in [0.15, 0.2) is 11.6 Å². The fourth-order valence-corrected chi connectivity index (χ4v) is 3.37. The number of carbonyl (C=O) groups excluding carboxylic acids is 2. The number of nitrogens with zero attached hydrogens (tertiary/aromatic N) is 3. The first-order valence-corrected chi connectivity index (χ1v) is 9.98. The van der Waals surface area contributed by atoms with Crippen molar-refractivity contribution in [2.75, 3.05) is 17.7 Å². The van der Waals surface area contributed by atoms with Gasteiger partial charge in [0, 0.05) is 17.8 Å². The second-order valence-electron chi connectivity index (χ2n) is 7.28. The summed E-state index contributed by atoms with van der Waals surface area (Å²) in [5, 5.41) is 12.4. The third-order valence-corrected chi connectivity index (χ3v) is 4.99. The first-order chi connectivity index (χ1) is 15.9. The number of anilines is 3. The second-order valence-corrected chi connectivity index (χ2v) is 7.28. The van der Waals surface area contributed by atoms with E-state index in [4.69, 9.17) is 13.9 Å². The largest absolute Gasteiger partial charge is 0.474 e. The monoisotopic (exact) mass is 459 g/mol. The van der Waals surface area contributed by atoms with Crippen molar-refractivity contribution in [3.8, 4) is 5.88 Å². The molecule has 1 aliphatic carbocycles. The van der Waals surface area contributed by atoms with E-state index in [2.05, 4.69) is 25.8 Å². The van der Waals surface area contributed by atoms with Crippen molar-refractivity contribution >= 4 is 29.3 Å². The second kappa shape index (κ2) is 9.59. The Balaban J connectivity index is 1.31. The van der Waals surface area contributed by atoms with Gasteiger partial charge in [0.25, 0.3) is 0 Å². The molecular weight excluding hydrogens is 440 g/mol. The highest BCUT2D eigenvalue weighted by atomic mass is 19.2. The molecule has 2 heterocycles. The zero-order valence-electron chi connectivity index (χ0n) is 17.4. The minimum atomic E-state index is -1.05. The average Bonchev–Trinajstić information content (AvgIpc) is 3.47. The van der Waals surface area contributed by atoms with Crippen LogP contribution in [0.4, 0.5) is 26.2 Å². The SMILES string of the molecule is COC(=O)C1CCC(Oc2ccc(NC(=O)c3nnc(Nc4ccc(F)c(F)c4)o3)cn2)C1. The molecule has 2 aromatic heterocycles. The van der Waals surface area contributed by atoms with E-state index in [-0.39, 0.29) is 35.6 Å². The molecule has 1 aliphatic rings. The van der Waals surface area contributed by atoms with Crippen LogP contribution < -0.4 is 15.4 Å². The lowest BCUT2D eigenvalue weighted by Crippen LogP contribution is -2.17. The van der Waals surface area contributed by atoms with Crippen LogP contribution in [0.3, 0.4) is 0 Å². The number of benzene rings is 1. The minimum Gasteiger partial charge on any atom is -0.474 e. The van der Waals surface area contributed by atoms with Crippen molar-refractivity contribution in [2.24, 2.45) is 5.92 Å². The highest BCUT2D eigenvalue weighted by Crippen LogP contribution is 2.29. The highest BCUT2D eigenvalue weighted by Gasteiger charge is 2.32. The number of hydrogen-bond donors (Lipinski definition) is 2. The van der Waals surface area contributed by atoms with E-state index < -0.39 is 17.5 Å². The van der Waals surface area contributed by atoms with Crippen LogP contribution in [-0.2, 0) is 9.53 Å². The number of aromatic nitrogens is 3. The smallest absolute Gasteiger partial charge is 0.320 e. The van der Waals surface area contributed by atoms with E-state index in [1.54, 1.807) is 12.1 Å². The zero-order chi connectivity index (χ0) is 23.4. The van der Waals surface area contributed by atoms with Gasteiger partial charge in [0.1, 0.15) is 6.10 Å². The predicted octanol–water partition coefficient (Wildman–Crippen LogP) is 3.46. The number of halogens is 2. The highest BCUT2D eigenvalue weighted by molar-refractivity contribution is 6.00. The molecule has 0 saturated heterocycles. The molecule has 33 heavy (non-hydrogen) atoms. The van der Waals surface area contributed by atoms with Crippen LogP contribution in [0.25, 0.3) is 0 Å². The van der Waals surface area contributed by atoms with Gasteiger partial charge in [-0.15, -0.1) is 5.10 Å². The zero-order valence-corrected chi connectivity index (χ0v) is 17.4. The van der Waals surface area contributed by atoms with Crippen LogP contribution in [0.2, 0.25) is 0 Å². The van der Waals surface area contributed by atoms with Gasteiger partial charge in [-0.3, -0.25) is 9.59 Å². The molecule has 2 unspecified atom stereocenters. The summed E-state index contributed by atoms with van der Waals surface area (Å²) in [5.41, 5.74) is 0.531. The topological polar surface area (TPSA) is 128 Å². The molecule has 1 saturated carbocycles. The van der Waals surface area contributed by atoms with Gasteiger partial charge >= 0.3 is 23.8 Å². The normalized spacial score (nSPS) is 17.4. The van der Waals surface area contributed by atoms with Gasteiger partial charge in [-0.1, -0.05) is 5.10 Å². The van der Waals surface area contributed by atoms with Gasteiger partial charge in [-0.2, -0.15) is 0 Å². The summed E-state index contributed by atoms with van der Waals surface area (Å²) >= 11 is 0. The molecular formula is C21H19F2N5O5. The van der Waals surface area contributed by atoms with Crippen molar-refractivity contribution in [1.29, 1.82) is 0 Å². The molecule has 1 fully saturated rings. The number of amides is 1. The maximum atomic E-state index is 13.3. The summed E-state index contributed by atoms with van der Waals surface area (Å²) in [6, 6.07) is 6.13. The lowest BCUT2D eigenvalue weighted by Gasteiger charge is -2.13. The van der Waals surface area contributed by atoms with Gasteiger partial charge < -0.3 is 24.5 Å². The Morgan fingerprint density at radius 2 is 1.91 bits per heavy atom. The molecule has 0 bridgehead atoms. The number of hydrogen-bond acceptors (Lipinski definition) is 9. The molecule has 12 heteroatoms. The number of carbonyl (C=O) groups is 2. The third kappa shape index (κ3) is 5.40. The van der Waals surface area contributed by atoms with Gasteiger partial charge in [-0.05, 0) is 37.5 Å². The first kappa shape index (κ1) is 22.1. The molecule has 172 valence electrons. The van der Waals surface area contributed by atoms with Crippen LogP contribution in [0.1, 0.15) is 29.9 Å². The molecule has 1 amide bonds. The number of esters is 1. The summed E-state index contributed by atoms with van der Waals surface area (Å²) in [7, 11) is 1.36. The van der Waals surface area contributed by atoms with Crippen molar-refractivity contribution in [3.05, 3.63) is 54.1 Å². The fourth-order valence-electron chi connectivity index (χ4n) is 3.37. The van der Waals surface area contributed by atoms with Gasteiger partial charge in [-0.25, -0.2) is 13.8 Å². The summed E-state index contributed by atoms with van der Waals surface area (Å²) in [6.45, 7) is 0. The summed E-state index contributed by atoms with van der Waals surface area (Å²) in [4.78, 5) is 28.1. The van der Waals surface area contributed by atoms with Crippen LogP contribution >= 0.6 is 0 Å². The quantitative estimate of drug-likeness (QED) is 0.510. The van der Waals surface area contributed by atoms with Crippen LogP contribution in [0.15, 0.2) is 40.9 Å². The summed E-state index contributed by atoms with van der Waals surface area (Å²) < 4.78 is 42.0. The number of nitrogens with one attached hydrogen (secondary N) is 2. The van der Waals surface area contributed by atoms with Crippen LogP contribution in [0, 0.1) is 17.6 Å². The first-order valence-electron chi connectivity index (χ1n) is 9.98. The van der Waals surface area contributed by atoms with Gasteiger partial charge in [0.2, 0.25) is 5.88 Å². The molecule has 2 N–H and O–H groups in total. The Labute approximate surface area is 186 Å². The maximum absolute atomic E-state index is 13.3. The third-order valence-electron chi connectivity index (χ3n) is 4.99. The fraction of sp³-hybridized carbons (Fsp3) is 0.286. The molecule has 4 rings (SSSR count). The molecule has 1 aromatic carbocycles. The van der Waals surface area contributed by atoms with E-state index in [0.29, 0.717) is 24.4 Å².